The van der Waals surface area contributed by atoms with Gasteiger partial charge in [0.25, 0.3) is 0 Å². The monoisotopic (exact) mass is 244 g/mol. The zero-order chi connectivity index (χ0) is 13.1. The van der Waals surface area contributed by atoms with Crippen LogP contribution in [0.15, 0.2) is 18.3 Å². The van der Waals surface area contributed by atoms with Crippen molar-refractivity contribution in [1.29, 1.82) is 0 Å². The molecule has 0 fully saturated rings. The first-order valence-electron chi connectivity index (χ1n) is 6.01. The Bertz CT molecular complexity index is 574. The van der Waals surface area contributed by atoms with Crippen molar-refractivity contribution in [3.63, 3.8) is 0 Å². The molecular formula is C13H16N4O. The molecule has 0 atom stereocenters. The van der Waals surface area contributed by atoms with E-state index in [1.807, 2.05) is 6.92 Å². The highest BCUT2D eigenvalue weighted by Gasteiger charge is 2.17. The van der Waals surface area contributed by atoms with Crippen molar-refractivity contribution < 1.29 is 4.79 Å². The highest BCUT2D eigenvalue weighted by atomic mass is 16.1. The van der Waals surface area contributed by atoms with Crippen LogP contribution in [-0.4, -0.2) is 25.8 Å². The van der Waals surface area contributed by atoms with Gasteiger partial charge in [-0.3, -0.25) is 9.48 Å². The van der Waals surface area contributed by atoms with E-state index in [0.29, 0.717) is 17.0 Å². The Morgan fingerprint density at radius 3 is 2.83 bits per heavy atom. The molecule has 0 saturated carbocycles. The zero-order valence-corrected chi connectivity index (χ0v) is 10.8. The third-order valence-corrected chi connectivity index (χ3v) is 2.73. The predicted molar refractivity (Wildman–Crippen MR) is 67.5 cm³/mol. The fourth-order valence-corrected chi connectivity index (χ4v) is 1.83. The SMILES string of the molecule is CCCn1nccc1C(=O)c1cc(C)nnc1C. The fraction of sp³-hybridized carbons (Fsp3) is 0.385. The first-order chi connectivity index (χ1) is 8.63. The summed E-state index contributed by atoms with van der Waals surface area (Å²) in [7, 11) is 0. The van der Waals surface area contributed by atoms with Crippen molar-refractivity contribution in [2.24, 2.45) is 0 Å². The first-order valence-corrected chi connectivity index (χ1v) is 6.01. The van der Waals surface area contributed by atoms with E-state index in [9.17, 15) is 4.79 Å². The summed E-state index contributed by atoms with van der Waals surface area (Å²) < 4.78 is 1.73. The van der Waals surface area contributed by atoms with Gasteiger partial charge in [0.2, 0.25) is 5.78 Å². The van der Waals surface area contributed by atoms with Crippen LogP contribution in [0.25, 0.3) is 0 Å². The van der Waals surface area contributed by atoms with Gasteiger partial charge in [0, 0.05) is 18.3 Å². The maximum absolute atomic E-state index is 12.4. The molecule has 0 aliphatic heterocycles. The van der Waals surface area contributed by atoms with Crippen LogP contribution in [0.5, 0.6) is 0 Å². The van der Waals surface area contributed by atoms with Crippen molar-refractivity contribution in [2.75, 3.05) is 0 Å². The van der Waals surface area contributed by atoms with E-state index in [0.717, 1.165) is 18.7 Å². The van der Waals surface area contributed by atoms with Gasteiger partial charge in [0.1, 0.15) is 5.69 Å². The van der Waals surface area contributed by atoms with Crippen molar-refractivity contribution in [3.05, 3.63) is 41.0 Å². The van der Waals surface area contributed by atoms with E-state index in [-0.39, 0.29) is 5.78 Å². The minimum absolute atomic E-state index is 0.0450. The summed E-state index contributed by atoms with van der Waals surface area (Å²) in [5.41, 5.74) is 2.59. The second-order valence-corrected chi connectivity index (χ2v) is 4.25. The molecule has 5 heteroatoms. The largest absolute Gasteiger partial charge is 0.287 e. The molecule has 0 spiro atoms. The highest BCUT2D eigenvalue weighted by Crippen LogP contribution is 2.13. The van der Waals surface area contributed by atoms with Gasteiger partial charge in [-0.15, -0.1) is 0 Å². The lowest BCUT2D eigenvalue weighted by atomic mass is 10.1. The molecule has 5 nitrogen and oxygen atoms in total. The number of rotatable bonds is 4. The molecule has 2 heterocycles. The Balaban J connectivity index is 2.41. The molecule has 0 saturated heterocycles. The molecule has 0 amide bonds. The lowest BCUT2D eigenvalue weighted by molar-refractivity contribution is 0.102. The average Bonchev–Trinajstić information content (AvgIpc) is 2.80. The van der Waals surface area contributed by atoms with Crippen LogP contribution in [-0.2, 0) is 6.54 Å². The second-order valence-electron chi connectivity index (χ2n) is 4.25. The number of ketones is 1. The van der Waals surface area contributed by atoms with Gasteiger partial charge in [-0.1, -0.05) is 6.92 Å². The summed E-state index contributed by atoms with van der Waals surface area (Å²) in [5, 5.41) is 12.1. The predicted octanol–water partition coefficient (Wildman–Crippen LogP) is 1.93. The number of aryl methyl sites for hydroxylation is 3. The van der Waals surface area contributed by atoms with E-state index in [1.54, 1.807) is 29.9 Å². The van der Waals surface area contributed by atoms with Crippen LogP contribution in [0.4, 0.5) is 0 Å². The van der Waals surface area contributed by atoms with E-state index in [2.05, 4.69) is 22.2 Å². The van der Waals surface area contributed by atoms with Crippen molar-refractivity contribution in [2.45, 2.75) is 33.7 Å². The van der Waals surface area contributed by atoms with Crippen LogP contribution in [0.2, 0.25) is 0 Å². The molecule has 0 unspecified atom stereocenters. The van der Waals surface area contributed by atoms with Crippen LogP contribution in [0.1, 0.15) is 40.8 Å². The summed E-state index contributed by atoms with van der Waals surface area (Å²) in [4.78, 5) is 12.4. The summed E-state index contributed by atoms with van der Waals surface area (Å²) in [5.74, 6) is -0.0450. The Hall–Kier alpha value is -2.04. The summed E-state index contributed by atoms with van der Waals surface area (Å²) in [6.07, 6.45) is 2.59. The third kappa shape index (κ3) is 2.30. The molecule has 94 valence electrons. The summed E-state index contributed by atoms with van der Waals surface area (Å²) >= 11 is 0. The smallest absolute Gasteiger partial charge is 0.212 e. The van der Waals surface area contributed by atoms with Crippen LogP contribution < -0.4 is 0 Å². The molecule has 2 aromatic rings. The highest BCUT2D eigenvalue weighted by molar-refractivity contribution is 6.08. The topological polar surface area (TPSA) is 60.7 Å². The van der Waals surface area contributed by atoms with Gasteiger partial charge >= 0.3 is 0 Å². The van der Waals surface area contributed by atoms with Gasteiger partial charge in [0.05, 0.1) is 11.4 Å². The molecule has 0 N–H and O–H groups in total. The Morgan fingerprint density at radius 2 is 2.11 bits per heavy atom. The molecular weight excluding hydrogens is 228 g/mol. The van der Waals surface area contributed by atoms with Gasteiger partial charge in [-0.2, -0.15) is 15.3 Å². The average molecular weight is 244 g/mol. The molecule has 0 aliphatic carbocycles. The van der Waals surface area contributed by atoms with Crippen molar-refractivity contribution in [1.82, 2.24) is 20.0 Å². The standard InChI is InChI=1S/C13H16N4O/c1-4-7-17-12(5-6-14-17)13(18)11-8-9(2)15-16-10(11)3/h5-6,8H,4,7H2,1-3H3. The Labute approximate surface area is 106 Å². The zero-order valence-electron chi connectivity index (χ0n) is 10.8. The number of carbonyl (C=O) groups excluding carboxylic acids is 1. The van der Waals surface area contributed by atoms with E-state index in [4.69, 9.17) is 0 Å². The number of hydrogen-bond donors (Lipinski definition) is 0. The number of aromatic nitrogens is 4. The van der Waals surface area contributed by atoms with E-state index < -0.39 is 0 Å². The molecule has 2 aromatic heterocycles. The third-order valence-electron chi connectivity index (χ3n) is 2.73. The maximum atomic E-state index is 12.4. The van der Waals surface area contributed by atoms with Gasteiger partial charge in [0.15, 0.2) is 0 Å². The van der Waals surface area contributed by atoms with Gasteiger partial charge < -0.3 is 0 Å². The van der Waals surface area contributed by atoms with E-state index >= 15 is 0 Å². The normalized spacial score (nSPS) is 10.6. The second kappa shape index (κ2) is 5.08. The lowest BCUT2D eigenvalue weighted by Gasteiger charge is -2.07. The van der Waals surface area contributed by atoms with Crippen LogP contribution in [0.3, 0.4) is 0 Å². The first kappa shape index (κ1) is 12.4. The van der Waals surface area contributed by atoms with Gasteiger partial charge in [-0.05, 0) is 32.4 Å². The molecule has 0 radical (unpaired) electrons. The van der Waals surface area contributed by atoms with Crippen molar-refractivity contribution >= 4 is 5.78 Å². The number of nitrogens with zero attached hydrogens (tertiary/aromatic N) is 4. The Morgan fingerprint density at radius 1 is 1.33 bits per heavy atom. The van der Waals surface area contributed by atoms with Crippen molar-refractivity contribution in [3.8, 4) is 0 Å². The minimum atomic E-state index is -0.0450. The molecule has 18 heavy (non-hydrogen) atoms. The van der Waals surface area contributed by atoms with Crippen LogP contribution >= 0.6 is 0 Å². The summed E-state index contributed by atoms with van der Waals surface area (Å²) in [6, 6.07) is 3.52. The molecule has 0 bridgehead atoms. The molecule has 0 aliphatic rings. The number of carbonyl (C=O) groups is 1. The lowest BCUT2D eigenvalue weighted by Crippen LogP contribution is -2.13. The van der Waals surface area contributed by atoms with E-state index in [1.165, 1.54) is 0 Å². The van der Waals surface area contributed by atoms with Gasteiger partial charge in [-0.25, -0.2) is 0 Å². The maximum Gasteiger partial charge on any atom is 0.212 e. The molecule has 2 rings (SSSR count). The molecule has 0 aromatic carbocycles. The quantitative estimate of drug-likeness (QED) is 0.771. The minimum Gasteiger partial charge on any atom is -0.287 e. The number of hydrogen-bond acceptors (Lipinski definition) is 4. The summed E-state index contributed by atoms with van der Waals surface area (Å²) in [6.45, 7) is 6.41. The fourth-order valence-electron chi connectivity index (χ4n) is 1.83. The Kier molecular flexibility index (Phi) is 3.50. The van der Waals surface area contributed by atoms with Crippen LogP contribution in [0, 0.1) is 13.8 Å².